The van der Waals surface area contributed by atoms with Gasteiger partial charge in [0.25, 0.3) is 0 Å². The molecule has 2 unspecified atom stereocenters. The second kappa shape index (κ2) is 9.59. The van der Waals surface area contributed by atoms with Crippen LogP contribution < -0.4 is 0 Å². The molecular weight excluding hydrogens is 406 g/mol. The number of hydrogen-bond donors (Lipinski definition) is 0. The Labute approximate surface area is 187 Å². The van der Waals surface area contributed by atoms with E-state index in [2.05, 4.69) is 38.9 Å². The molecule has 0 spiro atoms. The van der Waals surface area contributed by atoms with E-state index in [0.29, 0.717) is 12.0 Å². The lowest BCUT2D eigenvalue weighted by Crippen LogP contribution is -2.34. The highest BCUT2D eigenvalue weighted by Crippen LogP contribution is 2.31. The lowest BCUT2D eigenvalue weighted by atomic mass is 9.92. The standard InChI is InChI=1S/C24H29N5OS/c1-17-13-27-24(31-16-20-7-4-12-30-20)28-22(17)18-6-3-11-29(14-18)15-19-5-2-8-21-23(19)26-10-9-25-21/h2,5,8-10,13,18,20H,3-4,6-7,11-12,14-16H2,1H3. The number of aromatic nitrogens is 4. The first kappa shape index (κ1) is 20.8. The molecule has 0 amide bonds. The van der Waals surface area contributed by atoms with E-state index in [1.165, 1.54) is 36.1 Å². The fourth-order valence-corrected chi connectivity index (χ4v) is 5.60. The summed E-state index contributed by atoms with van der Waals surface area (Å²) in [6, 6.07) is 6.29. The van der Waals surface area contributed by atoms with Crippen LogP contribution >= 0.6 is 11.8 Å². The van der Waals surface area contributed by atoms with Crippen LogP contribution in [0, 0.1) is 6.92 Å². The molecule has 2 fully saturated rings. The van der Waals surface area contributed by atoms with Gasteiger partial charge >= 0.3 is 0 Å². The highest BCUT2D eigenvalue weighted by Gasteiger charge is 2.25. The van der Waals surface area contributed by atoms with Gasteiger partial charge in [0.15, 0.2) is 5.16 Å². The average molecular weight is 436 g/mol. The number of nitrogens with zero attached hydrogens (tertiary/aromatic N) is 5. The van der Waals surface area contributed by atoms with Crippen LogP contribution in [0.3, 0.4) is 0 Å². The van der Waals surface area contributed by atoms with Crippen LogP contribution in [0.2, 0.25) is 0 Å². The summed E-state index contributed by atoms with van der Waals surface area (Å²) in [5, 5.41) is 0.887. The summed E-state index contributed by atoms with van der Waals surface area (Å²) < 4.78 is 5.75. The molecule has 162 valence electrons. The van der Waals surface area contributed by atoms with Gasteiger partial charge < -0.3 is 4.74 Å². The molecule has 3 aromatic rings. The van der Waals surface area contributed by atoms with E-state index in [9.17, 15) is 0 Å². The molecule has 2 atom stereocenters. The van der Waals surface area contributed by atoms with Crippen LogP contribution in [0.25, 0.3) is 11.0 Å². The second-order valence-electron chi connectivity index (χ2n) is 8.58. The third kappa shape index (κ3) is 4.89. The summed E-state index contributed by atoms with van der Waals surface area (Å²) in [6.07, 6.45) is 10.6. The third-order valence-electron chi connectivity index (χ3n) is 6.28. The zero-order valence-electron chi connectivity index (χ0n) is 18.0. The number of aryl methyl sites for hydroxylation is 1. The maximum Gasteiger partial charge on any atom is 0.187 e. The SMILES string of the molecule is Cc1cnc(SCC2CCCO2)nc1C1CCCN(Cc2cccc3nccnc23)C1. The van der Waals surface area contributed by atoms with Crippen LogP contribution in [-0.2, 0) is 11.3 Å². The normalized spacial score (nSPS) is 22.2. The number of ether oxygens (including phenoxy) is 1. The van der Waals surface area contributed by atoms with Gasteiger partial charge in [0.05, 0.1) is 22.8 Å². The smallest absolute Gasteiger partial charge is 0.187 e. The molecule has 0 bridgehead atoms. The molecule has 0 N–H and O–H groups in total. The van der Waals surface area contributed by atoms with Crippen molar-refractivity contribution in [2.24, 2.45) is 0 Å². The predicted octanol–water partition coefficient (Wildman–Crippen LogP) is 4.38. The minimum atomic E-state index is 0.354. The van der Waals surface area contributed by atoms with Crippen LogP contribution in [0.15, 0.2) is 41.9 Å². The maximum atomic E-state index is 5.75. The van der Waals surface area contributed by atoms with E-state index in [0.717, 1.165) is 54.6 Å². The number of thioether (sulfide) groups is 1. The molecule has 4 heterocycles. The summed E-state index contributed by atoms with van der Waals surface area (Å²) >= 11 is 1.73. The number of piperidine rings is 1. The Hall–Kier alpha value is -2.09. The van der Waals surface area contributed by atoms with Crippen LogP contribution in [-0.4, -0.2) is 56.4 Å². The van der Waals surface area contributed by atoms with Gasteiger partial charge in [0.2, 0.25) is 0 Å². The van der Waals surface area contributed by atoms with E-state index in [1.54, 1.807) is 24.2 Å². The third-order valence-corrected chi connectivity index (χ3v) is 7.27. The fraction of sp³-hybridized carbons (Fsp3) is 0.500. The number of fused-ring (bicyclic) bond motifs is 1. The Kier molecular flexibility index (Phi) is 6.43. The quantitative estimate of drug-likeness (QED) is 0.420. The van der Waals surface area contributed by atoms with Crippen molar-refractivity contribution in [1.82, 2.24) is 24.8 Å². The topological polar surface area (TPSA) is 64.0 Å². The van der Waals surface area contributed by atoms with Gasteiger partial charge in [-0.2, -0.15) is 0 Å². The zero-order chi connectivity index (χ0) is 21.0. The lowest BCUT2D eigenvalue weighted by Gasteiger charge is -2.33. The maximum absolute atomic E-state index is 5.75. The molecule has 0 aliphatic carbocycles. The monoisotopic (exact) mass is 435 g/mol. The first-order valence-electron chi connectivity index (χ1n) is 11.2. The molecule has 7 heteroatoms. The molecule has 2 aliphatic rings. The van der Waals surface area contributed by atoms with Crippen molar-refractivity contribution in [3.63, 3.8) is 0 Å². The van der Waals surface area contributed by atoms with Gasteiger partial charge in [-0.1, -0.05) is 23.9 Å². The summed E-state index contributed by atoms with van der Waals surface area (Å²) in [4.78, 5) is 21.2. The van der Waals surface area contributed by atoms with Crippen LogP contribution in [0.5, 0.6) is 0 Å². The van der Waals surface area contributed by atoms with Gasteiger partial charge in [-0.15, -0.1) is 0 Å². The van der Waals surface area contributed by atoms with Crippen molar-refractivity contribution in [3.8, 4) is 0 Å². The van der Waals surface area contributed by atoms with E-state index in [1.807, 2.05) is 12.3 Å². The number of likely N-dealkylation sites (tertiary alicyclic amines) is 1. The fourth-order valence-electron chi connectivity index (χ4n) is 4.71. The highest BCUT2D eigenvalue weighted by molar-refractivity contribution is 7.99. The lowest BCUT2D eigenvalue weighted by molar-refractivity contribution is 0.129. The second-order valence-corrected chi connectivity index (χ2v) is 9.57. The van der Waals surface area contributed by atoms with Crippen molar-refractivity contribution in [1.29, 1.82) is 0 Å². The first-order chi connectivity index (χ1) is 15.3. The Bertz CT molecular complexity index is 1030. The van der Waals surface area contributed by atoms with Crippen molar-refractivity contribution >= 4 is 22.8 Å². The number of hydrogen-bond acceptors (Lipinski definition) is 7. The van der Waals surface area contributed by atoms with Crippen LogP contribution in [0.4, 0.5) is 0 Å². The van der Waals surface area contributed by atoms with Gasteiger partial charge in [0, 0.05) is 50.0 Å². The molecule has 2 aromatic heterocycles. The molecule has 0 radical (unpaired) electrons. The Balaban J connectivity index is 1.29. The van der Waals surface area contributed by atoms with E-state index >= 15 is 0 Å². The number of benzene rings is 1. The molecular formula is C24H29N5OS. The van der Waals surface area contributed by atoms with Crippen molar-refractivity contribution in [3.05, 3.63) is 53.6 Å². The molecule has 2 saturated heterocycles. The minimum absolute atomic E-state index is 0.354. The van der Waals surface area contributed by atoms with E-state index in [-0.39, 0.29) is 0 Å². The van der Waals surface area contributed by atoms with Crippen LogP contribution in [0.1, 0.15) is 48.4 Å². The Morgan fingerprint density at radius 1 is 1.13 bits per heavy atom. The summed E-state index contributed by atoms with van der Waals surface area (Å²) in [5.74, 6) is 1.39. The average Bonchev–Trinajstić information content (AvgIpc) is 3.33. The summed E-state index contributed by atoms with van der Waals surface area (Å²) in [6.45, 7) is 6.06. The molecule has 6 nitrogen and oxygen atoms in total. The van der Waals surface area contributed by atoms with Crippen molar-refractivity contribution < 1.29 is 4.74 Å². The minimum Gasteiger partial charge on any atom is -0.377 e. The van der Waals surface area contributed by atoms with Gasteiger partial charge in [-0.3, -0.25) is 14.9 Å². The van der Waals surface area contributed by atoms with Crippen molar-refractivity contribution in [2.75, 3.05) is 25.4 Å². The highest BCUT2D eigenvalue weighted by atomic mass is 32.2. The largest absolute Gasteiger partial charge is 0.377 e. The van der Waals surface area contributed by atoms with E-state index < -0.39 is 0 Å². The van der Waals surface area contributed by atoms with Gasteiger partial charge in [-0.25, -0.2) is 9.97 Å². The molecule has 1 aromatic carbocycles. The van der Waals surface area contributed by atoms with E-state index in [4.69, 9.17) is 9.72 Å². The molecule has 31 heavy (non-hydrogen) atoms. The Morgan fingerprint density at radius 2 is 2.06 bits per heavy atom. The first-order valence-corrected chi connectivity index (χ1v) is 12.2. The van der Waals surface area contributed by atoms with Gasteiger partial charge in [-0.05, 0) is 56.3 Å². The molecule has 5 rings (SSSR count). The summed E-state index contributed by atoms with van der Waals surface area (Å²) in [5.41, 5.74) is 5.64. The number of rotatable bonds is 6. The van der Waals surface area contributed by atoms with Gasteiger partial charge in [0.1, 0.15) is 0 Å². The van der Waals surface area contributed by atoms with Crippen molar-refractivity contribution in [2.45, 2.75) is 56.3 Å². The zero-order valence-corrected chi connectivity index (χ0v) is 18.9. The molecule has 2 aliphatic heterocycles. The summed E-state index contributed by atoms with van der Waals surface area (Å²) in [7, 11) is 0. The number of para-hydroxylation sites is 1. The Morgan fingerprint density at radius 3 is 2.97 bits per heavy atom. The predicted molar refractivity (Wildman–Crippen MR) is 123 cm³/mol. The molecule has 0 saturated carbocycles.